The highest BCUT2D eigenvalue weighted by Crippen LogP contribution is 2.39. The van der Waals surface area contributed by atoms with Crippen LogP contribution in [0.1, 0.15) is 30.1 Å². The number of sulfonamides is 1. The van der Waals surface area contributed by atoms with Crippen LogP contribution in [0, 0.1) is 10.8 Å². The molecule has 2 fully saturated rings. The van der Waals surface area contributed by atoms with E-state index in [9.17, 15) is 26.9 Å². The number of hydrogen-bond donors (Lipinski definition) is 0. The van der Waals surface area contributed by atoms with Crippen LogP contribution < -0.4 is 9.47 Å². The van der Waals surface area contributed by atoms with E-state index in [1.54, 1.807) is 0 Å². The molecular weight excluding hydrogens is 663 g/mol. The van der Waals surface area contributed by atoms with E-state index in [-0.39, 0.29) is 45.1 Å². The Morgan fingerprint density at radius 1 is 1.09 bits per heavy atom. The van der Waals surface area contributed by atoms with Gasteiger partial charge in [0.05, 0.1) is 21.5 Å². The summed E-state index contributed by atoms with van der Waals surface area (Å²) in [5.41, 5.74) is 0.809. The van der Waals surface area contributed by atoms with Crippen molar-refractivity contribution in [3.63, 3.8) is 0 Å². The number of ether oxygens (including phenoxy) is 3. The molecule has 0 radical (unpaired) electrons. The second-order valence-corrected chi connectivity index (χ2v) is 13.9. The van der Waals surface area contributed by atoms with Crippen molar-refractivity contribution in [2.45, 2.75) is 42.2 Å². The average Bonchev–Trinajstić information content (AvgIpc) is 3.69. The number of carbonyl (C=O) groups is 1. The molecule has 2 atom stereocenters. The third-order valence-electron chi connectivity index (χ3n) is 6.93. The van der Waals surface area contributed by atoms with E-state index in [1.807, 2.05) is 0 Å². The van der Waals surface area contributed by atoms with Crippen molar-refractivity contribution >= 4 is 56.6 Å². The topological polar surface area (TPSA) is 124 Å². The highest BCUT2D eigenvalue weighted by molar-refractivity contribution is 8.02. The molecule has 2 aliphatic rings. The molecule has 1 aliphatic heterocycles. The molecule has 1 saturated carbocycles. The Kier molecular flexibility index (Phi) is 10.3. The Hall–Kier alpha value is -3.04. The van der Waals surface area contributed by atoms with Crippen LogP contribution in [-0.4, -0.2) is 54.6 Å². The highest BCUT2D eigenvalue weighted by atomic mass is 35.5. The van der Waals surface area contributed by atoms with Gasteiger partial charge in [0.15, 0.2) is 16.9 Å². The summed E-state index contributed by atoms with van der Waals surface area (Å²) in [6, 6.07) is 9.18. The first-order valence-electron chi connectivity index (χ1n) is 13.3. The Labute approximate surface area is 266 Å². The van der Waals surface area contributed by atoms with Gasteiger partial charge in [0.2, 0.25) is 10.0 Å². The fourth-order valence-corrected chi connectivity index (χ4v) is 8.03. The lowest BCUT2D eigenvalue weighted by molar-refractivity contribution is -0.150. The third kappa shape index (κ3) is 7.60. The summed E-state index contributed by atoms with van der Waals surface area (Å²) in [5.74, 6) is -0.385. The van der Waals surface area contributed by atoms with Crippen molar-refractivity contribution in [2.75, 3.05) is 18.9 Å². The van der Waals surface area contributed by atoms with E-state index >= 15 is 0 Å². The van der Waals surface area contributed by atoms with Crippen molar-refractivity contribution in [1.82, 2.24) is 9.29 Å². The van der Waals surface area contributed by atoms with Gasteiger partial charge in [-0.1, -0.05) is 29.3 Å². The highest BCUT2D eigenvalue weighted by Gasteiger charge is 2.42. The van der Waals surface area contributed by atoms with E-state index in [0.29, 0.717) is 29.4 Å². The summed E-state index contributed by atoms with van der Waals surface area (Å²) in [4.78, 5) is 28.3. The van der Waals surface area contributed by atoms with Crippen LogP contribution in [0.5, 0.6) is 11.5 Å². The number of hydrogen-bond acceptors (Lipinski definition) is 10. The zero-order chi connectivity index (χ0) is 31.4. The van der Waals surface area contributed by atoms with Crippen LogP contribution in [-0.2, 0) is 26.0 Å². The SMILES string of the molecule is O=Nc1ccc(S(=O)(=O)N2CCSC2C(=O)O[C@@H](Cc2c(Cl)cncc2Cl)c2ccc(OC(F)F)c(OCC3CC3)c2)cc1. The number of alkyl halides is 2. The fourth-order valence-electron chi connectivity index (χ4n) is 4.47. The zero-order valence-corrected chi connectivity index (χ0v) is 25.9. The lowest BCUT2D eigenvalue weighted by Gasteiger charge is -2.26. The van der Waals surface area contributed by atoms with Gasteiger partial charge in [-0.15, -0.1) is 16.7 Å². The predicted molar refractivity (Wildman–Crippen MR) is 160 cm³/mol. The maximum atomic E-state index is 13.7. The largest absolute Gasteiger partial charge is 0.489 e. The minimum atomic E-state index is -4.15. The summed E-state index contributed by atoms with van der Waals surface area (Å²) < 4.78 is 70.6. The molecule has 44 heavy (non-hydrogen) atoms. The molecule has 3 aromatic rings. The van der Waals surface area contributed by atoms with Gasteiger partial charge in [-0.2, -0.15) is 13.1 Å². The summed E-state index contributed by atoms with van der Waals surface area (Å²) in [5, 5.41) is 1.95. The molecular formula is C28H25Cl2F2N3O7S2. The number of pyridine rings is 1. The smallest absolute Gasteiger partial charge is 0.387 e. The van der Waals surface area contributed by atoms with Crippen molar-refractivity contribution in [3.8, 4) is 11.5 Å². The molecule has 1 aromatic heterocycles. The second kappa shape index (κ2) is 13.9. The number of carbonyl (C=O) groups excluding carboxylic acids is 1. The average molecular weight is 689 g/mol. The lowest BCUT2D eigenvalue weighted by Crippen LogP contribution is -2.40. The summed E-state index contributed by atoms with van der Waals surface area (Å²) in [6.07, 6.45) is 3.53. The van der Waals surface area contributed by atoms with Gasteiger partial charge in [0.1, 0.15) is 11.8 Å². The molecule has 2 heterocycles. The van der Waals surface area contributed by atoms with Crippen LogP contribution in [0.2, 0.25) is 10.0 Å². The molecule has 1 saturated heterocycles. The zero-order valence-electron chi connectivity index (χ0n) is 22.8. The van der Waals surface area contributed by atoms with Gasteiger partial charge in [0.25, 0.3) is 0 Å². The number of nitroso groups, excluding NO2 is 1. The first-order valence-corrected chi connectivity index (χ1v) is 16.6. The number of nitrogens with zero attached hydrogens (tertiary/aromatic N) is 3. The van der Waals surface area contributed by atoms with E-state index in [4.69, 9.17) is 32.7 Å². The molecule has 0 bridgehead atoms. The molecule has 10 nitrogen and oxygen atoms in total. The molecule has 1 unspecified atom stereocenters. The van der Waals surface area contributed by atoms with Gasteiger partial charge in [0, 0.05) is 31.1 Å². The standard InChI is InChI=1S/C28H25Cl2F2N3O7S2/c29-21-13-33-14-22(30)20(21)12-24(17-3-8-23(42-28(31)32)25(11-17)40-15-16-1-2-16)41-27(36)26-35(9-10-43-26)44(38,39)19-6-4-18(34-37)5-7-19/h3-8,11,13-14,16,24,26,28H,1-2,9-10,12,15H2/t24-,26?/m0/s1. The van der Waals surface area contributed by atoms with Crippen LogP contribution in [0.15, 0.2) is 64.9 Å². The first-order chi connectivity index (χ1) is 21.1. The van der Waals surface area contributed by atoms with E-state index < -0.39 is 34.1 Å². The molecule has 2 aromatic carbocycles. The van der Waals surface area contributed by atoms with E-state index in [1.165, 1.54) is 54.9 Å². The lowest BCUT2D eigenvalue weighted by atomic mass is 10.0. The van der Waals surface area contributed by atoms with Crippen molar-refractivity contribution in [1.29, 1.82) is 0 Å². The van der Waals surface area contributed by atoms with E-state index in [2.05, 4.69) is 14.9 Å². The monoisotopic (exact) mass is 687 g/mol. The van der Waals surface area contributed by atoms with Crippen LogP contribution >= 0.6 is 35.0 Å². The quantitative estimate of drug-likeness (QED) is 0.141. The van der Waals surface area contributed by atoms with Gasteiger partial charge >= 0.3 is 12.6 Å². The number of rotatable bonds is 13. The maximum Gasteiger partial charge on any atom is 0.387 e. The van der Waals surface area contributed by atoms with Crippen molar-refractivity contribution < 1.29 is 36.2 Å². The molecule has 0 spiro atoms. The van der Waals surface area contributed by atoms with Crippen LogP contribution in [0.3, 0.4) is 0 Å². The molecule has 0 amide bonds. The minimum absolute atomic E-state index is 0.0337. The van der Waals surface area contributed by atoms with Crippen LogP contribution in [0.25, 0.3) is 0 Å². The summed E-state index contributed by atoms with van der Waals surface area (Å²) in [6.45, 7) is -2.76. The third-order valence-corrected chi connectivity index (χ3v) is 10.8. The summed E-state index contributed by atoms with van der Waals surface area (Å²) >= 11 is 13.8. The van der Waals surface area contributed by atoms with Crippen LogP contribution in [0.4, 0.5) is 14.5 Å². The van der Waals surface area contributed by atoms with E-state index in [0.717, 1.165) is 28.9 Å². The molecule has 1 aliphatic carbocycles. The van der Waals surface area contributed by atoms with Gasteiger partial charge in [-0.25, -0.2) is 13.2 Å². The van der Waals surface area contributed by atoms with Crippen molar-refractivity contribution in [2.24, 2.45) is 11.1 Å². The second-order valence-electron chi connectivity index (χ2n) is 9.97. The van der Waals surface area contributed by atoms with Crippen molar-refractivity contribution in [3.05, 3.63) is 80.9 Å². The Morgan fingerprint density at radius 3 is 2.43 bits per heavy atom. The number of esters is 1. The molecule has 16 heteroatoms. The van der Waals surface area contributed by atoms with Gasteiger partial charge in [-0.05, 0) is 71.5 Å². The maximum absolute atomic E-state index is 13.7. The summed E-state index contributed by atoms with van der Waals surface area (Å²) in [7, 11) is -4.15. The molecule has 234 valence electrons. The minimum Gasteiger partial charge on any atom is -0.489 e. The number of benzene rings is 2. The molecule has 0 N–H and O–H groups in total. The number of halogens is 4. The first kappa shape index (κ1) is 32.4. The number of thioether (sulfide) groups is 1. The Balaban J connectivity index is 1.45. The predicted octanol–water partition coefficient (Wildman–Crippen LogP) is 6.77. The fraction of sp³-hybridized carbons (Fsp3) is 0.357. The Morgan fingerprint density at radius 2 is 1.80 bits per heavy atom. The van der Waals surface area contributed by atoms with Gasteiger partial charge in [-0.3, -0.25) is 4.98 Å². The normalized spacial score (nSPS) is 17.8. The Bertz CT molecular complexity index is 1610. The number of aromatic nitrogens is 1. The van der Waals surface area contributed by atoms with Gasteiger partial charge < -0.3 is 14.2 Å². The molecule has 5 rings (SSSR count).